The zero-order valence-electron chi connectivity index (χ0n) is 17.0. The number of nitrogen functional groups attached to an aromatic ring is 2. The lowest BCUT2D eigenvalue weighted by molar-refractivity contribution is 0.281. The van der Waals surface area contributed by atoms with Gasteiger partial charge >= 0.3 is 0 Å². The standard InChI is InChI=1S/C8H11NO.C8H10O.C7H8FNO/c1-6-7(5-10)3-2-4-8(6)9;1-7-3-2-4-8(5-7)6-9;1-10-7-3-2-5(9)4-6(7)8/h2-4,10H,5,9H2,1H3;2-5,9H,6H2,1H3;2-4H,9H2,1H3. The number of aryl methyl sites for hydroxylation is 1. The maximum absolute atomic E-state index is 12.6. The molecule has 0 saturated carbocycles. The molecule has 0 amide bonds. The lowest BCUT2D eigenvalue weighted by Gasteiger charge is -2.03. The molecule has 0 bridgehead atoms. The molecule has 156 valence electrons. The van der Waals surface area contributed by atoms with E-state index in [1.165, 1.54) is 24.8 Å². The fourth-order valence-corrected chi connectivity index (χ4v) is 2.37. The Balaban J connectivity index is 0.000000218. The van der Waals surface area contributed by atoms with Crippen molar-refractivity contribution in [1.82, 2.24) is 0 Å². The molecule has 6 heteroatoms. The van der Waals surface area contributed by atoms with Gasteiger partial charge in [-0.2, -0.15) is 0 Å². The first-order valence-electron chi connectivity index (χ1n) is 9.02. The predicted molar refractivity (Wildman–Crippen MR) is 116 cm³/mol. The summed E-state index contributed by atoms with van der Waals surface area (Å²) in [6.07, 6.45) is 0. The Morgan fingerprint density at radius 2 is 1.59 bits per heavy atom. The first kappa shape index (κ1) is 23.9. The summed E-state index contributed by atoms with van der Waals surface area (Å²) in [6, 6.07) is 17.7. The Morgan fingerprint density at radius 3 is 2.07 bits per heavy atom. The molecule has 0 aliphatic carbocycles. The van der Waals surface area contributed by atoms with Crippen molar-refractivity contribution in [3.63, 3.8) is 0 Å². The van der Waals surface area contributed by atoms with Crippen LogP contribution in [-0.4, -0.2) is 17.3 Å². The maximum atomic E-state index is 12.6. The van der Waals surface area contributed by atoms with E-state index in [0.717, 1.165) is 22.4 Å². The molecule has 0 aliphatic heterocycles. The smallest absolute Gasteiger partial charge is 0.167 e. The fourth-order valence-electron chi connectivity index (χ4n) is 2.37. The van der Waals surface area contributed by atoms with Crippen molar-refractivity contribution < 1.29 is 19.3 Å². The molecule has 5 nitrogen and oxygen atoms in total. The second-order valence-electron chi connectivity index (χ2n) is 6.33. The van der Waals surface area contributed by atoms with Gasteiger partial charge in [-0.05, 0) is 48.7 Å². The molecule has 0 saturated heterocycles. The number of hydrogen-bond donors (Lipinski definition) is 4. The minimum atomic E-state index is -0.428. The van der Waals surface area contributed by atoms with Crippen molar-refractivity contribution >= 4 is 11.4 Å². The van der Waals surface area contributed by atoms with Crippen LogP contribution >= 0.6 is 0 Å². The molecular formula is C23H29FN2O3. The molecule has 0 fully saturated rings. The molecule has 6 N–H and O–H groups in total. The number of methoxy groups -OCH3 is 1. The van der Waals surface area contributed by atoms with Gasteiger partial charge in [0.2, 0.25) is 0 Å². The number of aliphatic hydroxyl groups is 2. The molecule has 3 rings (SSSR count). The molecule has 0 heterocycles. The Hall–Kier alpha value is -3.09. The monoisotopic (exact) mass is 400 g/mol. The van der Waals surface area contributed by atoms with Gasteiger partial charge in [-0.25, -0.2) is 4.39 Å². The van der Waals surface area contributed by atoms with Crippen LogP contribution in [0.2, 0.25) is 0 Å². The zero-order chi connectivity index (χ0) is 21.8. The van der Waals surface area contributed by atoms with Crippen LogP contribution in [0.4, 0.5) is 15.8 Å². The summed E-state index contributed by atoms with van der Waals surface area (Å²) in [5, 5.41) is 17.4. The SMILES string of the molecule is COc1ccc(N)cc1F.Cc1c(N)cccc1CO.Cc1cccc(CO)c1. The maximum Gasteiger partial charge on any atom is 0.167 e. The molecule has 0 unspecified atom stereocenters. The van der Waals surface area contributed by atoms with Gasteiger partial charge in [0.1, 0.15) is 0 Å². The molecule has 29 heavy (non-hydrogen) atoms. The predicted octanol–water partition coefficient (Wildman–Crippen LogP) is 3.97. The first-order valence-corrected chi connectivity index (χ1v) is 9.02. The van der Waals surface area contributed by atoms with Crippen molar-refractivity contribution in [2.24, 2.45) is 0 Å². The number of rotatable bonds is 3. The summed E-state index contributed by atoms with van der Waals surface area (Å²) in [5.41, 5.74) is 16.1. The average molecular weight is 400 g/mol. The van der Waals surface area contributed by atoms with Gasteiger partial charge < -0.3 is 26.4 Å². The summed E-state index contributed by atoms with van der Waals surface area (Å²) < 4.78 is 17.3. The average Bonchev–Trinajstić information content (AvgIpc) is 2.71. The highest BCUT2D eigenvalue weighted by Gasteiger charge is 1.99. The van der Waals surface area contributed by atoms with Gasteiger partial charge in [0.05, 0.1) is 20.3 Å². The molecule has 0 aromatic heterocycles. The van der Waals surface area contributed by atoms with Gasteiger partial charge in [0.15, 0.2) is 11.6 Å². The topological polar surface area (TPSA) is 102 Å². The molecule has 3 aromatic carbocycles. The minimum Gasteiger partial charge on any atom is -0.494 e. The van der Waals surface area contributed by atoms with Crippen LogP contribution in [0.25, 0.3) is 0 Å². The van der Waals surface area contributed by atoms with E-state index in [9.17, 15) is 4.39 Å². The number of anilines is 2. The number of nitrogens with two attached hydrogens (primary N) is 2. The third kappa shape index (κ3) is 8.21. The summed E-state index contributed by atoms with van der Waals surface area (Å²) in [6.45, 7) is 4.12. The van der Waals surface area contributed by atoms with E-state index in [4.69, 9.17) is 21.7 Å². The lowest BCUT2D eigenvalue weighted by Crippen LogP contribution is -1.94. The number of hydrogen-bond acceptors (Lipinski definition) is 5. The van der Waals surface area contributed by atoms with Crippen LogP contribution in [0.15, 0.2) is 60.7 Å². The van der Waals surface area contributed by atoms with Gasteiger partial charge in [0.25, 0.3) is 0 Å². The van der Waals surface area contributed by atoms with Gasteiger partial charge in [-0.1, -0.05) is 42.0 Å². The van der Waals surface area contributed by atoms with Crippen LogP contribution in [0.3, 0.4) is 0 Å². The summed E-state index contributed by atoms with van der Waals surface area (Å²) in [5.74, 6) is -0.211. The normalized spacial score (nSPS) is 9.59. The van der Waals surface area contributed by atoms with Crippen LogP contribution in [0.5, 0.6) is 5.75 Å². The molecule has 0 spiro atoms. The van der Waals surface area contributed by atoms with Gasteiger partial charge in [-0.3, -0.25) is 0 Å². The second kappa shape index (κ2) is 12.4. The highest BCUT2D eigenvalue weighted by Crippen LogP contribution is 2.18. The highest BCUT2D eigenvalue weighted by molar-refractivity contribution is 5.49. The Labute approximate surface area is 171 Å². The highest BCUT2D eigenvalue weighted by atomic mass is 19.1. The Bertz CT molecular complexity index is 901. The fraction of sp³-hybridized carbons (Fsp3) is 0.217. The van der Waals surface area contributed by atoms with Crippen LogP contribution in [0, 0.1) is 19.7 Å². The van der Waals surface area contributed by atoms with E-state index in [1.807, 2.05) is 56.3 Å². The molecule has 0 radical (unpaired) electrons. The second-order valence-corrected chi connectivity index (χ2v) is 6.33. The van der Waals surface area contributed by atoms with Crippen LogP contribution < -0.4 is 16.2 Å². The first-order chi connectivity index (χ1) is 13.8. The number of halogens is 1. The van der Waals surface area contributed by atoms with E-state index >= 15 is 0 Å². The van der Waals surface area contributed by atoms with E-state index in [2.05, 4.69) is 4.74 Å². The summed E-state index contributed by atoms with van der Waals surface area (Å²) in [4.78, 5) is 0. The van der Waals surface area contributed by atoms with Crippen LogP contribution in [-0.2, 0) is 13.2 Å². The molecule has 0 atom stereocenters. The van der Waals surface area contributed by atoms with E-state index in [0.29, 0.717) is 5.69 Å². The van der Waals surface area contributed by atoms with Crippen molar-refractivity contribution in [1.29, 1.82) is 0 Å². The summed E-state index contributed by atoms with van der Waals surface area (Å²) >= 11 is 0. The van der Waals surface area contributed by atoms with Crippen molar-refractivity contribution in [2.45, 2.75) is 27.1 Å². The third-order valence-corrected chi connectivity index (χ3v) is 4.10. The number of benzene rings is 3. The summed E-state index contributed by atoms with van der Waals surface area (Å²) in [7, 11) is 1.41. The Morgan fingerprint density at radius 1 is 0.897 bits per heavy atom. The van der Waals surface area contributed by atoms with Crippen molar-refractivity contribution in [3.05, 3.63) is 88.7 Å². The van der Waals surface area contributed by atoms with Gasteiger partial charge in [-0.15, -0.1) is 0 Å². The third-order valence-electron chi connectivity index (χ3n) is 4.10. The van der Waals surface area contributed by atoms with E-state index in [-0.39, 0.29) is 19.0 Å². The molecular weight excluding hydrogens is 371 g/mol. The van der Waals surface area contributed by atoms with Crippen molar-refractivity contribution in [3.8, 4) is 5.75 Å². The van der Waals surface area contributed by atoms with Gasteiger partial charge in [0, 0.05) is 17.4 Å². The quantitative estimate of drug-likeness (QED) is 0.498. The Kier molecular flexibility index (Phi) is 10.2. The van der Waals surface area contributed by atoms with E-state index < -0.39 is 5.82 Å². The van der Waals surface area contributed by atoms with Crippen LogP contribution in [0.1, 0.15) is 22.3 Å². The zero-order valence-corrected chi connectivity index (χ0v) is 17.0. The molecule has 3 aromatic rings. The minimum absolute atomic E-state index is 0.0663. The number of aliphatic hydroxyl groups excluding tert-OH is 2. The molecule has 0 aliphatic rings. The number of ether oxygens (including phenoxy) is 1. The van der Waals surface area contributed by atoms with Crippen molar-refractivity contribution in [2.75, 3.05) is 18.6 Å². The largest absolute Gasteiger partial charge is 0.494 e. The lowest BCUT2D eigenvalue weighted by atomic mass is 10.1. The van der Waals surface area contributed by atoms with E-state index in [1.54, 1.807) is 6.07 Å².